The van der Waals surface area contributed by atoms with Crippen molar-refractivity contribution in [1.29, 1.82) is 0 Å². The Balaban J connectivity index is 5.12. The third kappa shape index (κ3) is 3.45. The molecular weight excluding hydrogens is 254 g/mol. The number of aldehydes is 1. The molecular formula is C9H16ClNO4S. The van der Waals surface area contributed by atoms with Crippen LogP contribution in [0.2, 0.25) is 0 Å². The van der Waals surface area contributed by atoms with Crippen LogP contribution in [0.1, 0.15) is 39.0 Å². The number of amides is 1. The Hall–Kier alpha value is -0.620. The molecule has 0 spiro atoms. The molecule has 0 bridgehead atoms. The molecule has 1 atom stereocenters. The molecule has 0 aromatic heterocycles. The molecule has 0 saturated carbocycles. The van der Waals surface area contributed by atoms with E-state index in [-0.39, 0.29) is 6.42 Å². The number of hydrogen-bond acceptors (Lipinski definition) is 4. The maximum absolute atomic E-state index is 11.4. The van der Waals surface area contributed by atoms with Crippen LogP contribution < -0.4 is 5.73 Å². The Morgan fingerprint density at radius 2 is 2.00 bits per heavy atom. The Bertz CT molecular complexity index is 355. The molecule has 0 saturated heterocycles. The summed E-state index contributed by atoms with van der Waals surface area (Å²) < 4.78 is 20.8. The summed E-state index contributed by atoms with van der Waals surface area (Å²) in [5.74, 6) is -1.06. The second-order valence-corrected chi connectivity index (χ2v) is 6.50. The van der Waals surface area contributed by atoms with Gasteiger partial charge in [-0.25, -0.2) is 8.42 Å². The van der Waals surface area contributed by atoms with Crippen LogP contribution in [0.5, 0.6) is 0 Å². The van der Waals surface area contributed by atoms with E-state index in [1.807, 2.05) is 6.92 Å². The van der Waals surface area contributed by atoms with Crippen LogP contribution in [0.3, 0.4) is 0 Å². The fourth-order valence-corrected chi connectivity index (χ4v) is 3.01. The normalized spacial score (nSPS) is 15.4. The van der Waals surface area contributed by atoms with Gasteiger partial charge in [0.15, 0.2) is 4.75 Å². The first-order valence-corrected chi connectivity index (χ1v) is 7.30. The number of rotatable bonds is 8. The van der Waals surface area contributed by atoms with E-state index in [9.17, 15) is 18.0 Å². The van der Waals surface area contributed by atoms with E-state index in [0.29, 0.717) is 12.7 Å². The first-order chi connectivity index (χ1) is 7.31. The standard InChI is InChI=1S/C9H16ClNO4S/c1-2-3-4-5-9(6-7-12,8(11)13)16(10,14)15/h7H,2-6H2,1H3,(H2,11,13). The van der Waals surface area contributed by atoms with Crippen molar-refractivity contribution >= 4 is 31.9 Å². The summed E-state index contributed by atoms with van der Waals surface area (Å²) in [6.07, 6.45) is 1.95. The number of carbonyl (C=O) groups is 2. The average Bonchev–Trinajstić information content (AvgIpc) is 2.14. The summed E-state index contributed by atoms with van der Waals surface area (Å²) >= 11 is 0. The molecule has 16 heavy (non-hydrogen) atoms. The summed E-state index contributed by atoms with van der Waals surface area (Å²) in [6.45, 7) is 1.93. The van der Waals surface area contributed by atoms with Gasteiger partial charge in [0.2, 0.25) is 15.0 Å². The Morgan fingerprint density at radius 1 is 1.44 bits per heavy atom. The molecule has 5 nitrogen and oxygen atoms in total. The van der Waals surface area contributed by atoms with Crippen LogP contribution in [0.25, 0.3) is 0 Å². The maximum atomic E-state index is 11.4. The van der Waals surface area contributed by atoms with Gasteiger partial charge in [0.1, 0.15) is 6.29 Å². The highest BCUT2D eigenvalue weighted by Gasteiger charge is 2.47. The van der Waals surface area contributed by atoms with E-state index in [0.717, 1.165) is 12.8 Å². The van der Waals surface area contributed by atoms with Crippen molar-refractivity contribution in [2.45, 2.75) is 43.8 Å². The van der Waals surface area contributed by atoms with Crippen molar-refractivity contribution in [1.82, 2.24) is 0 Å². The zero-order chi connectivity index (χ0) is 12.8. The molecule has 0 aliphatic heterocycles. The minimum Gasteiger partial charge on any atom is -0.368 e. The first-order valence-electron chi connectivity index (χ1n) is 4.99. The van der Waals surface area contributed by atoms with Crippen molar-refractivity contribution in [3.8, 4) is 0 Å². The summed E-state index contributed by atoms with van der Waals surface area (Å²) in [6, 6.07) is 0. The van der Waals surface area contributed by atoms with Gasteiger partial charge in [-0.05, 0) is 6.42 Å². The summed E-state index contributed by atoms with van der Waals surface area (Å²) in [4.78, 5) is 21.7. The third-order valence-electron chi connectivity index (χ3n) is 2.51. The van der Waals surface area contributed by atoms with E-state index in [1.54, 1.807) is 0 Å². The first kappa shape index (κ1) is 15.4. The number of primary amides is 1. The number of unbranched alkanes of at least 4 members (excludes halogenated alkanes) is 2. The molecule has 0 aromatic rings. The average molecular weight is 270 g/mol. The van der Waals surface area contributed by atoms with Crippen LogP contribution in [0.4, 0.5) is 0 Å². The second kappa shape index (κ2) is 6.20. The number of nitrogens with two attached hydrogens (primary N) is 1. The predicted octanol–water partition coefficient (Wildman–Crippen LogP) is 0.948. The lowest BCUT2D eigenvalue weighted by molar-refractivity contribution is -0.122. The van der Waals surface area contributed by atoms with Gasteiger partial charge in [0, 0.05) is 17.1 Å². The van der Waals surface area contributed by atoms with Gasteiger partial charge in [-0.15, -0.1) is 0 Å². The van der Waals surface area contributed by atoms with Gasteiger partial charge in [-0.3, -0.25) is 4.79 Å². The van der Waals surface area contributed by atoms with Crippen LogP contribution in [0, 0.1) is 0 Å². The lowest BCUT2D eigenvalue weighted by Crippen LogP contribution is -2.48. The van der Waals surface area contributed by atoms with Gasteiger partial charge in [-0.1, -0.05) is 26.2 Å². The quantitative estimate of drug-likeness (QED) is 0.403. The zero-order valence-corrected chi connectivity index (χ0v) is 10.7. The van der Waals surface area contributed by atoms with Crippen LogP contribution >= 0.6 is 10.7 Å². The molecule has 0 aromatic carbocycles. The van der Waals surface area contributed by atoms with E-state index in [1.165, 1.54) is 0 Å². The van der Waals surface area contributed by atoms with Crippen LogP contribution in [-0.2, 0) is 18.6 Å². The molecule has 0 aliphatic rings. The SMILES string of the molecule is CCCCCC(CC=O)(C(N)=O)S(=O)(=O)Cl. The van der Waals surface area contributed by atoms with Crippen LogP contribution in [0.15, 0.2) is 0 Å². The summed E-state index contributed by atoms with van der Waals surface area (Å²) in [5.41, 5.74) is 5.06. The second-order valence-electron chi connectivity index (χ2n) is 3.62. The van der Waals surface area contributed by atoms with E-state index >= 15 is 0 Å². The summed E-state index contributed by atoms with van der Waals surface area (Å²) in [7, 11) is 1.02. The third-order valence-corrected chi connectivity index (χ3v) is 4.90. The molecule has 0 aliphatic carbocycles. The predicted molar refractivity (Wildman–Crippen MR) is 61.5 cm³/mol. The number of halogens is 1. The zero-order valence-electron chi connectivity index (χ0n) is 9.11. The maximum Gasteiger partial charge on any atom is 0.247 e. The van der Waals surface area contributed by atoms with Crippen molar-refractivity contribution in [3.05, 3.63) is 0 Å². The smallest absolute Gasteiger partial charge is 0.247 e. The van der Waals surface area contributed by atoms with Crippen molar-refractivity contribution < 1.29 is 18.0 Å². The van der Waals surface area contributed by atoms with Gasteiger partial charge in [-0.2, -0.15) is 0 Å². The van der Waals surface area contributed by atoms with Gasteiger partial charge >= 0.3 is 0 Å². The fourth-order valence-electron chi connectivity index (χ4n) is 1.46. The van der Waals surface area contributed by atoms with Crippen molar-refractivity contribution in [3.63, 3.8) is 0 Å². The van der Waals surface area contributed by atoms with Gasteiger partial charge < -0.3 is 10.5 Å². The van der Waals surface area contributed by atoms with Crippen LogP contribution in [-0.4, -0.2) is 25.4 Å². The van der Waals surface area contributed by atoms with E-state index < -0.39 is 26.1 Å². The fraction of sp³-hybridized carbons (Fsp3) is 0.778. The van der Waals surface area contributed by atoms with Crippen molar-refractivity contribution in [2.24, 2.45) is 5.73 Å². The Labute approximate surface area is 99.8 Å². The molecule has 1 amide bonds. The van der Waals surface area contributed by atoms with Crippen molar-refractivity contribution in [2.75, 3.05) is 0 Å². The Kier molecular flexibility index (Phi) is 5.96. The minimum absolute atomic E-state index is 0.0131. The lowest BCUT2D eigenvalue weighted by Gasteiger charge is -2.24. The van der Waals surface area contributed by atoms with E-state index in [2.05, 4.69) is 0 Å². The monoisotopic (exact) mass is 269 g/mol. The number of hydrogen-bond donors (Lipinski definition) is 1. The highest BCUT2D eigenvalue weighted by molar-refractivity contribution is 8.15. The molecule has 0 radical (unpaired) electrons. The highest BCUT2D eigenvalue weighted by Crippen LogP contribution is 2.30. The Morgan fingerprint density at radius 3 is 2.31 bits per heavy atom. The topological polar surface area (TPSA) is 94.3 Å². The molecule has 0 heterocycles. The highest BCUT2D eigenvalue weighted by atomic mass is 35.7. The minimum atomic E-state index is -4.20. The molecule has 2 N–H and O–H groups in total. The van der Waals surface area contributed by atoms with Gasteiger partial charge in [0.05, 0.1) is 0 Å². The molecule has 0 fully saturated rings. The molecule has 94 valence electrons. The lowest BCUT2D eigenvalue weighted by atomic mass is 9.96. The van der Waals surface area contributed by atoms with Gasteiger partial charge in [0.25, 0.3) is 0 Å². The number of carbonyl (C=O) groups excluding carboxylic acids is 2. The largest absolute Gasteiger partial charge is 0.368 e. The molecule has 7 heteroatoms. The molecule has 0 rings (SSSR count). The molecule has 1 unspecified atom stereocenters. The van der Waals surface area contributed by atoms with E-state index in [4.69, 9.17) is 16.4 Å². The summed E-state index contributed by atoms with van der Waals surface area (Å²) in [5, 5.41) is 0.